The van der Waals surface area contributed by atoms with Gasteiger partial charge in [0.2, 0.25) is 5.95 Å². The van der Waals surface area contributed by atoms with Crippen LogP contribution in [-0.2, 0) is 0 Å². The molecule has 22 heavy (non-hydrogen) atoms. The van der Waals surface area contributed by atoms with Crippen molar-refractivity contribution in [1.29, 1.82) is 0 Å². The van der Waals surface area contributed by atoms with Gasteiger partial charge < -0.3 is 5.02 Å². The van der Waals surface area contributed by atoms with Crippen molar-refractivity contribution in [3.05, 3.63) is 84.2 Å². The molecule has 3 rings (SSSR count). The van der Waals surface area contributed by atoms with Gasteiger partial charge in [0.15, 0.2) is 0 Å². The molecule has 0 saturated carbocycles. The van der Waals surface area contributed by atoms with Gasteiger partial charge in [0.1, 0.15) is 0 Å². The first kappa shape index (κ1) is 14.2. The molecule has 105 valence electrons. The van der Waals surface area contributed by atoms with E-state index in [4.69, 9.17) is 5.02 Å². The van der Waals surface area contributed by atoms with Crippen LogP contribution in [0.1, 0.15) is 11.1 Å². The summed E-state index contributed by atoms with van der Waals surface area (Å²) < 4.78 is 0. The SMILES string of the molecule is O[B]c1cnc(N=C(c2ccccc2)c2ccccc2)nc1. The number of rotatable bonds is 4. The number of nitrogens with zero attached hydrogens (tertiary/aromatic N) is 3. The zero-order valence-electron chi connectivity index (χ0n) is 11.8. The average Bonchev–Trinajstić information content (AvgIpc) is 2.62. The summed E-state index contributed by atoms with van der Waals surface area (Å²) in [5.41, 5.74) is 3.34. The van der Waals surface area contributed by atoms with E-state index in [0.29, 0.717) is 11.4 Å². The molecule has 2 aromatic carbocycles. The Morgan fingerprint density at radius 2 is 1.32 bits per heavy atom. The third kappa shape index (κ3) is 3.27. The fraction of sp³-hybridized carbons (Fsp3) is 0. The molecule has 5 heteroatoms. The summed E-state index contributed by atoms with van der Waals surface area (Å²) in [6.07, 6.45) is 3.05. The van der Waals surface area contributed by atoms with Gasteiger partial charge in [-0.25, -0.2) is 15.0 Å². The van der Waals surface area contributed by atoms with Gasteiger partial charge in [0, 0.05) is 23.5 Å². The molecule has 0 unspecified atom stereocenters. The molecule has 1 N–H and O–H groups in total. The lowest BCUT2D eigenvalue weighted by Crippen LogP contribution is -2.14. The highest BCUT2D eigenvalue weighted by atomic mass is 16.2. The molecular weight excluding hydrogens is 273 g/mol. The number of aliphatic imine (C=N–C) groups is 1. The number of hydrogen-bond donors (Lipinski definition) is 1. The van der Waals surface area contributed by atoms with Crippen LogP contribution in [0.4, 0.5) is 5.95 Å². The second kappa shape index (κ2) is 6.78. The van der Waals surface area contributed by atoms with E-state index in [2.05, 4.69) is 15.0 Å². The summed E-state index contributed by atoms with van der Waals surface area (Å²) in [5, 5.41) is 8.93. The molecule has 1 heterocycles. The molecule has 0 spiro atoms. The molecule has 4 nitrogen and oxygen atoms in total. The summed E-state index contributed by atoms with van der Waals surface area (Å²) in [5.74, 6) is 0.355. The van der Waals surface area contributed by atoms with Crippen molar-refractivity contribution >= 4 is 24.6 Å². The molecule has 0 aliphatic carbocycles. The highest BCUT2D eigenvalue weighted by Crippen LogP contribution is 2.14. The van der Waals surface area contributed by atoms with Crippen molar-refractivity contribution in [3.8, 4) is 0 Å². The van der Waals surface area contributed by atoms with Gasteiger partial charge in [-0.1, -0.05) is 60.7 Å². The molecule has 1 aromatic heterocycles. The van der Waals surface area contributed by atoms with E-state index < -0.39 is 0 Å². The van der Waals surface area contributed by atoms with Crippen LogP contribution in [0.2, 0.25) is 0 Å². The fourth-order valence-electron chi connectivity index (χ4n) is 2.04. The Morgan fingerprint density at radius 3 is 1.77 bits per heavy atom. The van der Waals surface area contributed by atoms with Crippen LogP contribution in [0.15, 0.2) is 78.0 Å². The first-order valence-electron chi connectivity index (χ1n) is 6.86. The normalized spacial score (nSPS) is 10.0. The second-order valence-electron chi connectivity index (χ2n) is 4.64. The van der Waals surface area contributed by atoms with Gasteiger partial charge >= 0.3 is 7.48 Å². The van der Waals surface area contributed by atoms with Crippen molar-refractivity contribution in [2.24, 2.45) is 4.99 Å². The van der Waals surface area contributed by atoms with E-state index in [-0.39, 0.29) is 0 Å². The highest BCUT2D eigenvalue weighted by Gasteiger charge is 2.07. The second-order valence-corrected chi connectivity index (χ2v) is 4.64. The van der Waals surface area contributed by atoms with Gasteiger partial charge in [0.25, 0.3) is 0 Å². The Morgan fingerprint density at radius 1 is 0.818 bits per heavy atom. The maximum absolute atomic E-state index is 8.93. The lowest BCUT2D eigenvalue weighted by atomic mass is 9.92. The molecule has 0 bridgehead atoms. The summed E-state index contributed by atoms with van der Waals surface area (Å²) >= 11 is 0. The quantitative estimate of drug-likeness (QED) is 0.588. The number of hydrogen-bond acceptors (Lipinski definition) is 4. The minimum Gasteiger partial charge on any atom is -0.450 e. The maximum atomic E-state index is 8.93. The van der Waals surface area contributed by atoms with Crippen molar-refractivity contribution < 1.29 is 5.02 Å². The molecule has 1 radical (unpaired) electrons. The van der Waals surface area contributed by atoms with Gasteiger partial charge in [-0.3, -0.25) is 0 Å². The van der Waals surface area contributed by atoms with E-state index in [1.54, 1.807) is 0 Å². The molecule has 0 aliphatic heterocycles. The molecule has 3 aromatic rings. The standard InChI is InChI=1S/C17H13BN3O/c22-18-15-11-19-17(20-12-15)21-16(13-7-3-1-4-8-13)14-9-5-2-6-10-14/h1-12,22H. The highest BCUT2D eigenvalue weighted by molar-refractivity contribution is 6.45. The van der Waals surface area contributed by atoms with Crippen molar-refractivity contribution in [1.82, 2.24) is 9.97 Å². The van der Waals surface area contributed by atoms with Crippen molar-refractivity contribution in [3.63, 3.8) is 0 Å². The maximum Gasteiger partial charge on any atom is 0.329 e. The van der Waals surface area contributed by atoms with Gasteiger partial charge in [-0.2, -0.15) is 0 Å². The zero-order valence-corrected chi connectivity index (χ0v) is 11.8. The van der Waals surface area contributed by atoms with Crippen LogP contribution in [0.25, 0.3) is 0 Å². The smallest absolute Gasteiger partial charge is 0.329 e. The average molecular weight is 286 g/mol. The monoisotopic (exact) mass is 286 g/mol. The molecule has 0 aliphatic rings. The van der Waals surface area contributed by atoms with Crippen LogP contribution in [0, 0.1) is 0 Å². The Hall–Kier alpha value is -2.79. The van der Waals surface area contributed by atoms with Crippen molar-refractivity contribution in [2.75, 3.05) is 0 Å². The van der Waals surface area contributed by atoms with E-state index in [9.17, 15) is 0 Å². The lowest BCUT2D eigenvalue weighted by Gasteiger charge is -2.07. The Kier molecular flexibility index (Phi) is 4.37. The van der Waals surface area contributed by atoms with Crippen LogP contribution in [0.5, 0.6) is 0 Å². The van der Waals surface area contributed by atoms with E-state index in [0.717, 1.165) is 24.3 Å². The van der Waals surface area contributed by atoms with E-state index >= 15 is 0 Å². The zero-order chi connectivity index (χ0) is 15.2. The van der Waals surface area contributed by atoms with Crippen molar-refractivity contribution in [2.45, 2.75) is 0 Å². The van der Waals surface area contributed by atoms with E-state index in [1.807, 2.05) is 60.7 Å². The molecular formula is C17H13BN3O. The molecule has 0 fully saturated rings. The third-order valence-corrected chi connectivity index (χ3v) is 3.11. The first-order valence-corrected chi connectivity index (χ1v) is 6.86. The van der Waals surface area contributed by atoms with E-state index in [1.165, 1.54) is 12.4 Å². The summed E-state index contributed by atoms with van der Waals surface area (Å²) in [4.78, 5) is 12.9. The lowest BCUT2D eigenvalue weighted by molar-refractivity contribution is 0.615. The third-order valence-electron chi connectivity index (χ3n) is 3.11. The minimum atomic E-state index is 0.355. The van der Waals surface area contributed by atoms with Gasteiger partial charge in [-0.05, 0) is 5.46 Å². The predicted octanol–water partition coefficient (Wildman–Crippen LogP) is 1.88. The Balaban J connectivity index is 2.06. The van der Waals surface area contributed by atoms with Crippen LogP contribution < -0.4 is 5.46 Å². The van der Waals surface area contributed by atoms with Crippen LogP contribution >= 0.6 is 0 Å². The Bertz CT molecular complexity index is 717. The fourth-order valence-corrected chi connectivity index (χ4v) is 2.04. The largest absolute Gasteiger partial charge is 0.450 e. The molecule has 0 saturated heterocycles. The number of benzene rings is 2. The minimum absolute atomic E-state index is 0.355. The topological polar surface area (TPSA) is 58.4 Å². The summed E-state index contributed by atoms with van der Waals surface area (Å²) in [7, 11) is 0.961. The van der Waals surface area contributed by atoms with Gasteiger partial charge in [0.05, 0.1) is 5.71 Å². The van der Waals surface area contributed by atoms with Crippen LogP contribution in [-0.4, -0.2) is 28.2 Å². The summed E-state index contributed by atoms with van der Waals surface area (Å²) in [6, 6.07) is 19.8. The molecule has 0 atom stereocenters. The molecule has 0 amide bonds. The van der Waals surface area contributed by atoms with Crippen LogP contribution in [0.3, 0.4) is 0 Å². The summed E-state index contributed by atoms with van der Waals surface area (Å²) in [6.45, 7) is 0. The Labute approximate surface area is 129 Å². The van der Waals surface area contributed by atoms with Gasteiger partial charge in [-0.15, -0.1) is 0 Å². The number of aromatic nitrogens is 2. The first-order chi connectivity index (χ1) is 10.9. The predicted molar refractivity (Wildman–Crippen MR) is 87.8 cm³/mol.